The molecule has 0 saturated carbocycles. The fraction of sp³-hybridized carbons (Fsp3) is 0.250. The first kappa shape index (κ1) is 22.6. The number of benzene rings is 1. The van der Waals surface area contributed by atoms with Crippen molar-refractivity contribution in [3.63, 3.8) is 0 Å². The third-order valence-corrected chi connectivity index (χ3v) is 6.66. The Morgan fingerprint density at radius 1 is 1.18 bits per heavy atom. The Balaban J connectivity index is 1.68. The van der Waals surface area contributed by atoms with Gasteiger partial charge >= 0.3 is 11.2 Å². The van der Waals surface area contributed by atoms with Gasteiger partial charge in [-0.2, -0.15) is 13.2 Å². The van der Waals surface area contributed by atoms with Crippen LogP contribution in [0.5, 0.6) is 5.88 Å². The maximum absolute atomic E-state index is 13.0. The summed E-state index contributed by atoms with van der Waals surface area (Å²) in [4.78, 5) is 20.6. The topological polar surface area (TPSA) is 119 Å². The number of aromatic hydroxyl groups is 1. The highest BCUT2D eigenvalue weighted by molar-refractivity contribution is 7.92. The van der Waals surface area contributed by atoms with Crippen LogP contribution < -0.4 is 11.0 Å². The number of aliphatic imine (C=N–C) groups is 1. The quantitative estimate of drug-likeness (QED) is 0.573. The SMILES string of the molecule is Cc1c(O)n(-c2ccc(S(=O)(=O)C(F)(F)F)cc2)c(=O)n1Cc1ccnc(C2=NCCN2)c1. The second-order valence-corrected chi connectivity index (χ2v) is 9.20. The number of rotatable bonds is 5. The zero-order valence-corrected chi connectivity index (χ0v) is 18.0. The number of nitrogens with zero attached hydrogens (tertiary/aromatic N) is 4. The number of sulfone groups is 1. The Bertz CT molecular complexity index is 1410. The number of hydrogen-bond donors (Lipinski definition) is 2. The Morgan fingerprint density at radius 2 is 1.88 bits per heavy atom. The normalized spacial score (nSPS) is 14.2. The number of halogens is 3. The summed E-state index contributed by atoms with van der Waals surface area (Å²) in [5.74, 6) is 0.234. The van der Waals surface area contributed by atoms with Crippen LogP contribution in [0.3, 0.4) is 0 Å². The van der Waals surface area contributed by atoms with Gasteiger partial charge in [0.05, 0.1) is 29.4 Å². The van der Waals surface area contributed by atoms with E-state index in [-0.39, 0.29) is 17.9 Å². The summed E-state index contributed by atoms with van der Waals surface area (Å²) in [6, 6.07) is 6.99. The minimum atomic E-state index is -5.53. The summed E-state index contributed by atoms with van der Waals surface area (Å²) in [6.45, 7) is 2.95. The first-order chi connectivity index (χ1) is 15.5. The van der Waals surface area contributed by atoms with Gasteiger partial charge in [-0.3, -0.25) is 14.5 Å². The lowest BCUT2D eigenvalue weighted by Gasteiger charge is -2.09. The van der Waals surface area contributed by atoms with Crippen LogP contribution in [0.25, 0.3) is 5.69 Å². The molecule has 13 heteroatoms. The third-order valence-electron chi connectivity index (χ3n) is 5.15. The van der Waals surface area contributed by atoms with Crippen molar-refractivity contribution in [2.75, 3.05) is 13.1 Å². The molecule has 2 N–H and O–H groups in total. The predicted molar refractivity (Wildman–Crippen MR) is 112 cm³/mol. The van der Waals surface area contributed by atoms with Gasteiger partial charge < -0.3 is 10.4 Å². The maximum atomic E-state index is 13.0. The lowest BCUT2D eigenvalue weighted by molar-refractivity contribution is -0.0436. The van der Waals surface area contributed by atoms with E-state index in [1.54, 1.807) is 18.3 Å². The monoisotopic (exact) mass is 481 g/mol. The summed E-state index contributed by atoms with van der Waals surface area (Å²) in [5.41, 5.74) is -4.53. The molecule has 174 valence electrons. The second kappa shape index (κ2) is 8.06. The summed E-state index contributed by atoms with van der Waals surface area (Å²) >= 11 is 0. The molecule has 9 nitrogen and oxygen atoms in total. The number of nitrogens with one attached hydrogen (secondary N) is 1. The molecule has 0 fully saturated rings. The zero-order chi connectivity index (χ0) is 24.0. The lowest BCUT2D eigenvalue weighted by atomic mass is 10.2. The van der Waals surface area contributed by atoms with Gasteiger partial charge in [0.25, 0.3) is 9.84 Å². The maximum Gasteiger partial charge on any atom is 0.501 e. The molecule has 1 aromatic carbocycles. The van der Waals surface area contributed by atoms with Crippen molar-refractivity contribution in [3.05, 3.63) is 70.0 Å². The predicted octanol–water partition coefficient (Wildman–Crippen LogP) is 1.74. The molecule has 1 aliphatic heterocycles. The van der Waals surface area contributed by atoms with E-state index in [4.69, 9.17) is 0 Å². The van der Waals surface area contributed by atoms with E-state index in [1.165, 1.54) is 11.5 Å². The molecule has 0 spiro atoms. The van der Waals surface area contributed by atoms with Crippen LogP contribution in [0.4, 0.5) is 13.2 Å². The fourth-order valence-corrected chi connectivity index (χ4v) is 4.18. The summed E-state index contributed by atoms with van der Waals surface area (Å²) < 4.78 is 63.6. The molecule has 2 aromatic heterocycles. The molecule has 3 aromatic rings. The van der Waals surface area contributed by atoms with E-state index in [0.29, 0.717) is 30.2 Å². The van der Waals surface area contributed by atoms with Crippen molar-refractivity contribution in [1.82, 2.24) is 19.4 Å². The van der Waals surface area contributed by atoms with Crippen molar-refractivity contribution in [2.24, 2.45) is 4.99 Å². The summed E-state index contributed by atoms with van der Waals surface area (Å²) in [5, 5.41) is 13.6. The third kappa shape index (κ3) is 3.99. The van der Waals surface area contributed by atoms with Crippen LogP contribution in [0.1, 0.15) is 17.0 Å². The van der Waals surface area contributed by atoms with Crippen molar-refractivity contribution < 1.29 is 26.7 Å². The van der Waals surface area contributed by atoms with Gasteiger partial charge in [0, 0.05) is 12.7 Å². The molecule has 0 radical (unpaired) electrons. The van der Waals surface area contributed by atoms with Crippen LogP contribution in [-0.4, -0.2) is 52.1 Å². The van der Waals surface area contributed by atoms with Crippen molar-refractivity contribution in [1.29, 1.82) is 0 Å². The number of aromatic nitrogens is 3. The number of amidine groups is 1. The van der Waals surface area contributed by atoms with Crippen LogP contribution in [0.2, 0.25) is 0 Å². The zero-order valence-electron chi connectivity index (χ0n) is 17.2. The Kier molecular flexibility index (Phi) is 5.52. The van der Waals surface area contributed by atoms with Crippen LogP contribution in [-0.2, 0) is 16.4 Å². The molecule has 0 bridgehead atoms. The Labute approximate surface area is 185 Å². The van der Waals surface area contributed by atoms with E-state index in [2.05, 4.69) is 15.3 Å². The highest BCUT2D eigenvalue weighted by atomic mass is 32.2. The average Bonchev–Trinajstić information content (AvgIpc) is 3.38. The molecule has 0 saturated heterocycles. The highest BCUT2D eigenvalue weighted by Crippen LogP contribution is 2.31. The Morgan fingerprint density at radius 3 is 2.48 bits per heavy atom. The fourth-order valence-electron chi connectivity index (χ4n) is 3.42. The summed E-state index contributed by atoms with van der Waals surface area (Å²) in [6.07, 6.45) is 1.57. The molecule has 33 heavy (non-hydrogen) atoms. The van der Waals surface area contributed by atoms with Crippen molar-refractivity contribution >= 4 is 15.7 Å². The van der Waals surface area contributed by atoms with E-state index in [0.717, 1.165) is 28.8 Å². The molecule has 0 unspecified atom stereocenters. The van der Waals surface area contributed by atoms with E-state index in [9.17, 15) is 31.5 Å². The minimum Gasteiger partial charge on any atom is -0.493 e. The molecule has 4 rings (SSSR count). The largest absolute Gasteiger partial charge is 0.501 e. The molecular weight excluding hydrogens is 463 g/mol. The molecular formula is C20H18F3N5O4S. The van der Waals surface area contributed by atoms with Crippen LogP contribution in [0, 0.1) is 6.92 Å². The lowest BCUT2D eigenvalue weighted by Crippen LogP contribution is -2.25. The van der Waals surface area contributed by atoms with E-state index in [1.807, 2.05) is 0 Å². The van der Waals surface area contributed by atoms with Gasteiger partial charge in [-0.15, -0.1) is 0 Å². The van der Waals surface area contributed by atoms with Gasteiger partial charge in [-0.1, -0.05) is 0 Å². The molecule has 0 amide bonds. The van der Waals surface area contributed by atoms with E-state index >= 15 is 0 Å². The molecule has 0 atom stereocenters. The highest BCUT2D eigenvalue weighted by Gasteiger charge is 2.46. The standard InChI is InChI=1S/C20H18F3N5O4S/c1-12-18(29)28(14-2-4-15(5-3-14)33(31,32)20(21,22)23)19(30)27(12)11-13-6-7-24-16(10-13)17-25-8-9-26-17/h2-7,10,29H,8-9,11H2,1H3,(H,25,26). The average molecular weight is 481 g/mol. The number of alkyl halides is 3. The minimum absolute atomic E-state index is 0.0143. The number of imidazole rings is 1. The van der Waals surface area contributed by atoms with Gasteiger partial charge in [-0.05, 0) is 48.9 Å². The molecule has 3 heterocycles. The van der Waals surface area contributed by atoms with Gasteiger partial charge in [0.2, 0.25) is 5.88 Å². The van der Waals surface area contributed by atoms with Crippen LogP contribution in [0.15, 0.2) is 57.3 Å². The first-order valence-electron chi connectivity index (χ1n) is 9.67. The number of pyridine rings is 1. The Hall–Kier alpha value is -3.61. The summed E-state index contributed by atoms with van der Waals surface area (Å²) in [7, 11) is -5.53. The van der Waals surface area contributed by atoms with Gasteiger partial charge in [0.1, 0.15) is 11.5 Å². The first-order valence-corrected chi connectivity index (χ1v) is 11.2. The van der Waals surface area contributed by atoms with E-state index < -0.39 is 31.8 Å². The smallest absolute Gasteiger partial charge is 0.493 e. The van der Waals surface area contributed by atoms with Crippen molar-refractivity contribution in [3.8, 4) is 11.6 Å². The van der Waals surface area contributed by atoms with Crippen LogP contribution >= 0.6 is 0 Å². The second-order valence-electron chi connectivity index (χ2n) is 7.26. The molecule has 1 aliphatic rings. The van der Waals surface area contributed by atoms with Crippen molar-refractivity contribution in [2.45, 2.75) is 23.9 Å². The molecule has 0 aliphatic carbocycles. The number of hydrogen-bond acceptors (Lipinski definition) is 7. The van der Waals surface area contributed by atoms with Gasteiger partial charge in [0.15, 0.2) is 0 Å². The van der Waals surface area contributed by atoms with Gasteiger partial charge in [-0.25, -0.2) is 17.8 Å².